The lowest BCUT2D eigenvalue weighted by Gasteiger charge is -2.08. The second-order valence-corrected chi connectivity index (χ2v) is 6.82. The van der Waals surface area contributed by atoms with E-state index in [2.05, 4.69) is 30.8 Å². The van der Waals surface area contributed by atoms with Gasteiger partial charge in [-0.25, -0.2) is 4.98 Å². The van der Waals surface area contributed by atoms with Gasteiger partial charge in [-0.1, -0.05) is 30.3 Å². The zero-order chi connectivity index (χ0) is 23.8. The quantitative estimate of drug-likeness (QED) is 0.431. The Hall–Kier alpha value is -3.34. The van der Waals surface area contributed by atoms with E-state index in [0.717, 1.165) is 6.07 Å². The number of nitrogens with zero attached hydrogens (tertiary/aromatic N) is 1. The Labute approximate surface area is 183 Å². The number of aromatic nitrogens is 1. The topological polar surface area (TPSA) is 73.6 Å². The summed E-state index contributed by atoms with van der Waals surface area (Å²) in [7, 11) is 0. The van der Waals surface area contributed by atoms with Crippen LogP contribution in [0.2, 0.25) is 5.02 Å². The highest BCUT2D eigenvalue weighted by Gasteiger charge is 2.44. The van der Waals surface area contributed by atoms with Gasteiger partial charge in [-0.3, -0.25) is 4.79 Å². The zero-order valence-electron chi connectivity index (χ0n) is 16.4. The Morgan fingerprint density at radius 1 is 1.22 bits per heavy atom. The molecular weight excluding hydrogens is 463 g/mol. The van der Waals surface area contributed by atoms with Gasteiger partial charge in [0.15, 0.2) is 23.1 Å². The predicted octanol–water partition coefficient (Wildman–Crippen LogP) is 5.88. The lowest BCUT2D eigenvalue weighted by atomic mass is 10.0. The van der Waals surface area contributed by atoms with Crippen molar-refractivity contribution in [3.8, 4) is 11.5 Å². The summed E-state index contributed by atoms with van der Waals surface area (Å²) in [5.74, 6) is -3.49. The molecule has 1 N–H and O–H groups in total. The van der Waals surface area contributed by atoms with Gasteiger partial charge in [-0.05, 0) is 24.6 Å². The van der Waals surface area contributed by atoms with Crippen LogP contribution in [0.3, 0.4) is 0 Å². The van der Waals surface area contributed by atoms with E-state index >= 15 is 0 Å². The molecule has 32 heavy (non-hydrogen) atoms. The van der Waals surface area contributed by atoms with Gasteiger partial charge in [0.1, 0.15) is 0 Å². The summed E-state index contributed by atoms with van der Waals surface area (Å²) in [6.45, 7) is 6.36. The molecular formula is C20H14ClF5N2O4. The first-order chi connectivity index (χ1) is 14.8. The number of aryl methyl sites for hydroxylation is 1. The molecule has 1 aromatic heterocycles. The minimum Gasteiger partial charge on any atom is -0.436 e. The monoisotopic (exact) mass is 476 g/mol. The van der Waals surface area contributed by atoms with Gasteiger partial charge in [0.2, 0.25) is 5.76 Å². The number of halogens is 6. The van der Waals surface area contributed by atoms with Crippen LogP contribution in [-0.4, -0.2) is 17.2 Å². The van der Waals surface area contributed by atoms with Crippen molar-refractivity contribution in [2.24, 2.45) is 0 Å². The van der Waals surface area contributed by atoms with Crippen molar-refractivity contribution < 1.29 is 40.6 Å². The van der Waals surface area contributed by atoms with E-state index in [0.29, 0.717) is 11.1 Å². The van der Waals surface area contributed by atoms with E-state index in [-0.39, 0.29) is 28.1 Å². The van der Waals surface area contributed by atoms with Crippen molar-refractivity contribution in [1.29, 1.82) is 0 Å². The third-order valence-corrected chi connectivity index (χ3v) is 4.37. The Kier molecular flexibility index (Phi) is 6.05. The molecule has 170 valence electrons. The number of allylic oxidation sites excluding steroid dienone is 4. The first kappa shape index (κ1) is 23.3. The third kappa shape index (κ3) is 4.93. The molecule has 0 bridgehead atoms. The lowest BCUT2D eigenvalue weighted by molar-refractivity contribution is -0.286. The minimum atomic E-state index is -4.91. The Bertz CT molecular complexity index is 1150. The van der Waals surface area contributed by atoms with Gasteiger partial charge >= 0.3 is 12.5 Å². The number of oxazole rings is 1. The van der Waals surface area contributed by atoms with Crippen molar-refractivity contribution >= 4 is 23.1 Å². The summed E-state index contributed by atoms with van der Waals surface area (Å²) in [4.78, 5) is 15.7. The number of nitrogens with one attached hydrogen (secondary N) is 1. The van der Waals surface area contributed by atoms with Crippen LogP contribution in [0.5, 0.6) is 11.5 Å². The Balaban J connectivity index is 1.77. The molecule has 3 rings (SSSR count). The normalized spacial score (nSPS) is 15.3. The van der Waals surface area contributed by atoms with E-state index in [1.807, 2.05) is 0 Å². The lowest BCUT2D eigenvalue weighted by Crippen LogP contribution is -2.25. The molecule has 1 aromatic carbocycles. The molecule has 0 radical (unpaired) electrons. The van der Waals surface area contributed by atoms with Crippen molar-refractivity contribution in [1.82, 2.24) is 10.3 Å². The first-order valence-corrected chi connectivity index (χ1v) is 9.17. The maximum atomic E-state index is 13.3. The van der Waals surface area contributed by atoms with Crippen LogP contribution in [-0.2, 0) is 6.18 Å². The number of carbonyl (C=O) groups excluding carboxylic acids is 1. The van der Waals surface area contributed by atoms with Crippen molar-refractivity contribution in [2.75, 3.05) is 0 Å². The standard InChI is InChI=1S/C20H14ClF5N2O4/c1-4-11(12-7-14-15(8-13(12)21)32-20(25,26)31-14)6-5-9(2)27-18(29)16-17(19(22,23)24)30-10(3)28-16/h4-8H,2H2,1,3H3,(H,27,29)/b6-5-,11-4+. The van der Waals surface area contributed by atoms with Gasteiger partial charge in [-0.2, -0.15) is 13.2 Å². The molecule has 2 heterocycles. The summed E-state index contributed by atoms with van der Waals surface area (Å²) < 4.78 is 78.7. The number of amides is 1. The minimum absolute atomic E-state index is 0.0744. The molecule has 0 fully saturated rings. The number of carbonyl (C=O) groups is 1. The molecule has 12 heteroatoms. The maximum Gasteiger partial charge on any atom is 0.586 e. The molecule has 6 nitrogen and oxygen atoms in total. The number of alkyl halides is 5. The molecule has 1 amide bonds. The molecule has 0 unspecified atom stereocenters. The SMILES string of the molecule is C=C(/C=C\C(=C/C)c1cc2c(cc1Cl)OC(F)(F)O2)NC(=O)c1nc(C)oc1C(F)(F)F. The van der Waals surface area contributed by atoms with Gasteiger partial charge in [-0.15, -0.1) is 8.78 Å². The van der Waals surface area contributed by atoms with E-state index in [9.17, 15) is 26.7 Å². The van der Waals surface area contributed by atoms with Crippen LogP contribution in [0.25, 0.3) is 5.57 Å². The van der Waals surface area contributed by atoms with Crippen LogP contribution >= 0.6 is 11.6 Å². The van der Waals surface area contributed by atoms with E-state index in [1.165, 1.54) is 25.1 Å². The van der Waals surface area contributed by atoms with Gasteiger partial charge in [0.25, 0.3) is 5.91 Å². The largest absolute Gasteiger partial charge is 0.586 e. The highest BCUT2D eigenvalue weighted by atomic mass is 35.5. The van der Waals surface area contributed by atoms with Gasteiger partial charge in [0.05, 0.1) is 5.02 Å². The van der Waals surface area contributed by atoms with Crippen LogP contribution in [0.15, 0.2) is 47.1 Å². The van der Waals surface area contributed by atoms with Crippen molar-refractivity contribution in [2.45, 2.75) is 26.3 Å². The molecule has 0 saturated carbocycles. The van der Waals surface area contributed by atoms with Crippen LogP contribution in [0, 0.1) is 6.92 Å². The molecule has 1 aliphatic heterocycles. The second kappa shape index (κ2) is 8.30. The van der Waals surface area contributed by atoms with E-state index < -0.39 is 29.8 Å². The third-order valence-electron chi connectivity index (χ3n) is 4.06. The Morgan fingerprint density at radius 3 is 2.44 bits per heavy atom. The molecule has 0 aliphatic carbocycles. The summed E-state index contributed by atoms with van der Waals surface area (Å²) in [5.41, 5.74) is -0.293. The molecule has 2 aromatic rings. The Morgan fingerprint density at radius 2 is 1.84 bits per heavy atom. The van der Waals surface area contributed by atoms with Crippen molar-refractivity contribution in [3.63, 3.8) is 0 Å². The summed E-state index contributed by atoms with van der Waals surface area (Å²) >= 11 is 6.14. The molecule has 1 aliphatic rings. The van der Waals surface area contributed by atoms with Crippen LogP contribution < -0.4 is 14.8 Å². The summed E-state index contributed by atoms with van der Waals surface area (Å²) in [6.07, 6.45) is -4.44. The average Bonchev–Trinajstić information content (AvgIpc) is 3.20. The highest BCUT2D eigenvalue weighted by Crippen LogP contribution is 2.45. The fraction of sp³-hybridized carbons (Fsp3) is 0.200. The van der Waals surface area contributed by atoms with E-state index in [1.54, 1.807) is 13.0 Å². The predicted molar refractivity (Wildman–Crippen MR) is 103 cm³/mol. The second-order valence-electron chi connectivity index (χ2n) is 6.41. The number of ether oxygens (including phenoxy) is 2. The molecule has 0 atom stereocenters. The summed E-state index contributed by atoms with van der Waals surface area (Å²) in [6, 6.07) is 2.40. The van der Waals surface area contributed by atoms with Crippen LogP contribution in [0.1, 0.15) is 34.6 Å². The summed E-state index contributed by atoms with van der Waals surface area (Å²) in [5, 5.41) is 2.25. The van der Waals surface area contributed by atoms with Crippen molar-refractivity contribution in [3.05, 3.63) is 70.6 Å². The number of rotatable bonds is 5. The maximum absolute atomic E-state index is 13.3. The number of fused-ring (bicyclic) bond motifs is 1. The number of hydrogen-bond acceptors (Lipinski definition) is 5. The fourth-order valence-electron chi connectivity index (χ4n) is 2.74. The van der Waals surface area contributed by atoms with Crippen LogP contribution in [0.4, 0.5) is 22.0 Å². The fourth-order valence-corrected chi connectivity index (χ4v) is 3.01. The van der Waals surface area contributed by atoms with E-state index in [4.69, 9.17) is 11.6 Å². The average molecular weight is 477 g/mol. The smallest absolute Gasteiger partial charge is 0.436 e. The molecule has 0 spiro atoms. The van der Waals surface area contributed by atoms with Gasteiger partial charge < -0.3 is 19.2 Å². The highest BCUT2D eigenvalue weighted by molar-refractivity contribution is 6.32. The zero-order valence-corrected chi connectivity index (χ0v) is 17.2. The first-order valence-electron chi connectivity index (χ1n) is 8.79. The number of benzene rings is 1. The number of hydrogen-bond donors (Lipinski definition) is 1. The molecule has 0 saturated heterocycles. The van der Waals surface area contributed by atoms with Gasteiger partial charge in [0, 0.05) is 24.3 Å².